The third-order valence-corrected chi connectivity index (χ3v) is 4.76. The van der Waals surface area contributed by atoms with Crippen LogP contribution in [0.4, 0.5) is 0 Å². The molecule has 1 aromatic carbocycles. The van der Waals surface area contributed by atoms with Crippen LogP contribution in [0.1, 0.15) is 24.2 Å². The molecule has 0 saturated carbocycles. The van der Waals surface area contributed by atoms with Gasteiger partial charge in [-0.25, -0.2) is 0 Å². The number of nitrogens with one attached hydrogen (secondary N) is 1. The molecule has 1 aromatic heterocycles. The molecule has 0 spiro atoms. The van der Waals surface area contributed by atoms with Crippen LogP contribution in [0, 0.1) is 3.57 Å². The standard InChI is InChI=1S/C15H15Br2IN2/c1-2-19-14(7-10-3-5-12(18)6-4-10)15-13(17)8-11(16)9-20-15/h3-6,8-9,14,19H,2,7H2,1H3. The first-order valence-corrected chi connectivity index (χ1v) is 9.05. The summed E-state index contributed by atoms with van der Waals surface area (Å²) in [6.45, 7) is 3.03. The molecule has 0 amide bonds. The van der Waals surface area contributed by atoms with E-state index >= 15 is 0 Å². The van der Waals surface area contributed by atoms with Crippen LogP contribution in [-0.4, -0.2) is 11.5 Å². The molecule has 0 aliphatic carbocycles. The van der Waals surface area contributed by atoms with Crippen molar-refractivity contribution in [2.45, 2.75) is 19.4 Å². The first-order valence-electron chi connectivity index (χ1n) is 6.39. The predicted molar refractivity (Wildman–Crippen MR) is 98.9 cm³/mol. The van der Waals surface area contributed by atoms with Gasteiger partial charge in [-0.1, -0.05) is 19.1 Å². The lowest BCUT2D eigenvalue weighted by atomic mass is 10.0. The Morgan fingerprint density at radius 1 is 1.25 bits per heavy atom. The first kappa shape index (κ1) is 16.4. The molecular formula is C15H15Br2IN2. The van der Waals surface area contributed by atoms with E-state index in [0.717, 1.165) is 27.6 Å². The van der Waals surface area contributed by atoms with Crippen LogP contribution in [-0.2, 0) is 6.42 Å². The first-order chi connectivity index (χ1) is 9.60. The summed E-state index contributed by atoms with van der Waals surface area (Å²) in [4.78, 5) is 4.55. The quantitative estimate of drug-likeness (QED) is 0.567. The van der Waals surface area contributed by atoms with Gasteiger partial charge in [-0.3, -0.25) is 4.98 Å². The maximum Gasteiger partial charge on any atom is 0.0719 e. The highest BCUT2D eigenvalue weighted by Crippen LogP contribution is 2.27. The van der Waals surface area contributed by atoms with Gasteiger partial charge in [0.1, 0.15) is 0 Å². The molecular weight excluding hydrogens is 495 g/mol. The number of hydrogen-bond acceptors (Lipinski definition) is 2. The highest BCUT2D eigenvalue weighted by molar-refractivity contribution is 14.1. The van der Waals surface area contributed by atoms with Crippen molar-refractivity contribution in [3.63, 3.8) is 0 Å². The molecule has 0 aliphatic heterocycles. The Labute approximate surface area is 150 Å². The van der Waals surface area contributed by atoms with Gasteiger partial charge in [0.15, 0.2) is 0 Å². The van der Waals surface area contributed by atoms with Crippen molar-refractivity contribution < 1.29 is 0 Å². The largest absolute Gasteiger partial charge is 0.309 e. The Morgan fingerprint density at radius 2 is 1.95 bits per heavy atom. The van der Waals surface area contributed by atoms with Gasteiger partial charge < -0.3 is 5.32 Å². The SMILES string of the molecule is CCNC(Cc1ccc(I)cc1)c1ncc(Br)cc1Br. The van der Waals surface area contributed by atoms with E-state index in [-0.39, 0.29) is 6.04 Å². The summed E-state index contributed by atoms with van der Waals surface area (Å²) in [7, 11) is 0. The molecule has 106 valence electrons. The van der Waals surface area contributed by atoms with Gasteiger partial charge in [-0.2, -0.15) is 0 Å². The van der Waals surface area contributed by atoms with Crippen molar-refractivity contribution in [1.82, 2.24) is 10.3 Å². The van der Waals surface area contributed by atoms with E-state index in [1.54, 1.807) is 0 Å². The monoisotopic (exact) mass is 508 g/mol. The summed E-state index contributed by atoms with van der Waals surface area (Å²) >= 11 is 9.38. The summed E-state index contributed by atoms with van der Waals surface area (Å²) in [5.74, 6) is 0. The van der Waals surface area contributed by atoms with Crippen molar-refractivity contribution >= 4 is 54.5 Å². The molecule has 1 atom stereocenters. The van der Waals surface area contributed by atoms with Crippen molar-refractivity contribution in [2.24, 2.45) is 0 Å². The minimum Gasteiger partial charge on any atom is -0.309 e. The lowest BCUT2D eigenvalue weighted by Gasteiger charge is -2.19. The van der Waals surface area contributed by atoms with Gasteiger partial charge in [0, 0.05) is 18.7 Å². The zero-order valence-corrected chi connectivity index (χ0v) is 16.4. The molecule has 0 fully saturated rings. The van der Waals surface area contributed by atoms with Crippen LogP contribution in [0.25, 0.3) is 0 Å². The average molecular weight is 510 g/mol. The molecule has 2 aromatic rings. The molecule has 5 heteroatoms. The van der Waals surface area contributed by atoms with Crippen molar-refractivity contribution in [3.8, 4) is 0 Å². The van der Waals surface area contributed by atoms with Gasteiger partial charge >= 0.3 is 0 Å². The number of pyridine rings is 1. The van der Waals surface area contributed by atoms with Gasteiger partial charge in [0.2, 0.25) is 0 Å². The topological polar surface area (TPSA) is 24.9 Å². The Bertz CT molecular complexity index is 573. The fourth-order valence-electron chi connectivity index (χ4n) is 2.05. The molecule has 0 aliphatic rings. The Hall–Kier alpha value is 0.0200. The zero-order chi connectivity index (χ0) is 14.5. The van der Waals surface area contributed by atoms with Crippen molar-refractivity contribution in [2.75, 3.05) is 6.54 Å². The molecule has 0 radical (unpaired) electrons. The summed E-state index contributed by atoms with van der Waals surface area (Å²) in [6, 6.07) is 10.9. The second-order valence-electron chi connectivity index (χ2n) is 4.46. The number of likely N-dealkylation sites (N-methyl/N-ethyl adjacent to an activating group) is 1. The third kappa shape index (κ3) is 4.51. The normalized spacial score (nSPS) is 12.4. The van der Waals surface area contributed by atoms with Crippen molar-refractivity contribution in [3.05, 3.63) is 60.3 Å². The van der Waals surface area contributed by atoms with Crippen LogP contribution in [0.3, 0.4) is 0 Å². The Balaban J connectivity index is 2.24. The van der Waals surface area contributed by atoms with Gasteiger partial charge in [-0.15, -0.1) is 0 Å². The summed E-state index contributed by atoms with van der Waals surface area (Å²) < 4.78 is 3.27. The smallest absolute Gasteiger partial charge is 0.0719 e. The fraction of sp³-hybridized carbons (Fsp3) is 0.267. The number of halogens is 3. The number of nitrogens with zero attached hydrogens (tertiary/aromatic N) is 1. The number of aromatic nitrogens is 1. The van der Waals surface area contributed by atoms with E-state index in [9.17, 15) is 0 Å². The lowest BCUT2D eigenvalue weighted by molar-refractivity contribution is 0.534. The number of hydrogen-bond donors (Lipinski definition) is 1. The highest BCUT2D eigenvalue weighted by atomic mass is 127. The van der Waals surface area contributed by atoms with Crippen LogP contribution < -0.4 is 5.32 Å². The van der Waals surface area contributed by atoms with Gasteiger partial charge in [0.25, 0.3) is 0 Å². The molecule has 2 nitrogen and oxygen atoms in total. The van der Waals surface area contributed by atoms with E-state index in [1.807, 2.05) is 12.3 Å². The fourth-order valence-corrected chi connectivity index (χ4v) is 3.67. The minimum absolute atomic E-state index is 0.211. The molecule has 1 heterocycles. The second kappa shape index (κ2) is 7.87. The van der Waals surface area contributed by atoms with Gasteiger partial charge in [0.05, 0.1) is 11.7 Å². The molecule has 1 N–H and O–H groups in total. The van der Waals surface area contributed by atoms with E-state index < -0.39 is 0 Å². The summed E-state index contributed by atoms with van der Waals surface area (Å²) in [6.07, 6.45) is 2.77. The average Bonchev–Trinajstić information content (AvgIpc) is 2.41. The predicted octanol–water partition coefficient (Wildman–Crippen LogP) is 5.10. The molecule has 2 rings (SSSR count). The molecule has 20 heavy (non-hydrogen) atoms. The molecule has 0 saturated heterocycles. The Morgan fingerprint density at radius 3 is 2.55 bits per heavy atom. The van der Waals surface area contributed by atoms with Crippen molar-refractivity contribution in [1.29, 1.82) is 0 Å². The lowest BCUT2D eigenvalue weighted by Crippen LogP contribution is -2.24. The van der Waals surface area contributed by atoms with E-state index in [0.29, 0.717) is 0 Å². The van der Waals surface area contributed by atoms with E-state index in [4.69, 9.17) is 0 Å². The number of rotatable bonds is 5. The van der Waals surface area contributed by atoms with E-state index in [2.05, 4.69) is 95.9 Å². The minimum atomic E-state index is 0.211. The third-order valence-electron chi connectivity index (χ3n) is 2.97. The number of benzene rings is 1. The van der Waals surface area contributed by atoms with Gasteiger partial charge in [-0.05, 0) is 91.2 Å². The van der Waals surface area contributed by atoms with Crippen LogP contribution >= 0.6 is 54.5 Å². The van der Waals surface area contributed by atoms with Crippen LogP contribution in [0.2, 0.25) is 0 Å². The zero-order valence-electron chi connectivity index (χ0n) is 11.0. The summed E-state index contributed by atoms with van der Waals surface area (Å²) in [5, 5.41) is 3.51. The van der Waals surface area contributed by atoms with Crippen LogP contribution in [0.5, 0.6) is 0 Å². The molecule has 1 unspecified atom stereocenters. The second-order valence-corrected chi connectivity index (χ2v) is 7.48. The maximum absolute atomic E-state index is 4.55. The molecule has 0 bridgehead atoms. The highest BCUT2D eigenvalue weighted by Gasteiger charge is 2.16. The van der Waals surface area contributed by atoms with Crippen LogP contribution in [0.15, 0.2) is 45.5 Å². The summed E-state index contributed by atoms with van der Waals surface area (Å²) in [5.41, 5.74) is 2.36. The maximum atomic E-state index is 4.55. The Kier molecular flexibility index (Phi) is 6.45. The van der Waals surface area contributed by atoms with E-state index in [1.165, 1.54) is 9.13 Å².